The first kappa shape index (κ1) is 20.6. The maximum Gasteiger partial charge on any atom is 0.161 e. The Morgan fingerprint density at radius 2 is 2.00 bits per heavy atom. The fraction of sp³-hybridized carbons (Fsp3) is 0.429. The van der Waals surface area contributed by atoms with Crippen molar-refractivity contribution in [1.82, 2.24) is 5.32 Å². The van der Waals surface area contributed by atoms with Crippen molar-refractivity contribution in [1.29, 1.82) is 0 Å². The van der Waals surface area contributed by atoms with Gasteiger partial charge in [-0.15, -0.1) is 12.4 Å². The normalized spacial score (nSPS) is 16.2. The summed E-state index contributed by atoms with van der Waals surface area (Å²) >= 11 is 0. The lowest BCUT2D eigenvalue weighted by molar-refractivity contribution is 0.110. The number of aryl methyl sites for hydroxylation is 1. The summed E-state index contributed by atoms with van der Waals surface area (Å²) in [5.41, 5.74) is 3.60. The first-order valence-corrected chi connectivity index (χ1v) is 8.93. The van der Waals surface area contributed by atoms with E-state index in [2.05, 4.69) is 30.4 Å². The van der Waals surface area contributed by atoms with Crippen LogP contribution in [0.3, 0.4) is 0 Å². The molecule has 0 amide bonds. The van der Waals surface area contributed by atoms with Gasteiger partial charge in [0.2, 0.25) is 0 Å². The zero-order valence-electron chi connectivity index (χ0n) is 15.5. The van der Waals surface area contributed by atoms with Crippen LogP contribution >= 0.6 is 12.4 Å². The highest BCUT2D eigenvalue weighted by atomic mass is 35.5. The van der Waals surface area contributed by atoms with E-state index in [-0.39, 0.29) is 12.4 Å². The van der Waals surface area contributed by atoms with Crippen LogP contribution in [-0.2, 0) is 17.9 Å². The van der Waals surface area contributed by atoms with E-state index in [1.165, 1.54) is 23.1 Å². The van der Waals surface area contributed by atoms with Crippen LogP contribution in [0.4, 0.5) is 0 Å². The molecule has 0 aliphatic carbocycles. The lowest BCUT2D eigenvalue weighted by Crippen LogP contribution is -2.25. The number of nitrogens with one attached hydrogen (secondary N) is 1. The van der Waals surface area contributed by atoms with Gasteiger partial charge in [0.05, 0.1) is 13.2 Å². The maximum atomic E-state index is 5.97. The molecule has 0 aromatic heterocycles. The lowest BCUT2D eigenvalue weighted by atomic mass is 10.1. The summed E-state index contributed by atoms with van der Waals surface area (Å²) in [4.78, 5) is 0. The van der Waals surface area contributed by atoms with Gasteiger partial charge in [-0.2, -0.15) is 0 Å². The summed E-state index contributed by atoms with van der Waals surface area (Å²) in [6, 6.07) is 14.4. The molecule has 0 saturated carbocycles. The van der Waals surface area contributed by atoms with E-state index in [4.69, 9.17) is 14.2 Å². The van der Waals surface area contributed by atoms with E-state index in [0.717, 1.165) is 37.6 Å². The van der Waals surface area contributed by atoms with Crippen LogP contribution in [-0.4, -0.2) is 26.4 Å². The highest BCUT2D eigenvalue weighted by Crippen LogP contribution is 2.29. The van der Waals surface area contributed by atoms with E-state index in [0.29, 0.717) is 12.7 Å². The molecule has 1 unspecified atom stereocenters. The van der Waals surface area contributed by atoms with Crippen LogP contribution in [0.2, 0.25) is 0 Å². The van der Waals surface area contributed by atoms with Crippen molar-refractivity contribution >= 4 is 12.4 Å². The Balaban J connectivity index is 0.00000243. The minimum absolute atomic E-state index is 0. The van der Waals surface area contributed by atoms with Crippen molar-refractivity contribution in [3.8, 4) is 11.5 Å². The van der Waals surface area contributed by atoms with Gasteiger partial charge >= 0.3 is 0 Å². The Bertz CT molecular complexity index is 687. The first-order chi connectivity index (χ1) is 12.3. The molecule has 1 aliphatic rings. The van der Waals surface area contributed by atoms with E-state index in [1.54, 1.807) is 7.11 Å². The van der Waals surface area contributed by atoms with Gasteiger partial charge in [-0.3, -0.25) is 0 Å². The molecule has 1 aliphatic heterocycles. The minimum Gasteiger partial charge on any atom is -0.493 e. The van der Waals surface area contributed by atoms with Gasteiger partial charge in [0.15, 0.2) is 11.5 Å². The van der Waals surface area contributed by atoms with Crippen LogP contribution in [0.1, 0.15) is 29.5 Å². The summed E-state index contributed by atoms with van der Waals surface area (Å²) in [6.07, 6.45) is 2.69. The maximum absolute atomic E-state index is 5.97. The highest BCUT2D eigenvalue weighted by molar-refractivity contribution is 5.85. The van der Waals surface area contributed by atoms with Crippen LogP contribution in [0.15, 0.2) is 42.5 Å². The molecule has 1 atom stereocenters. The molecule has 3 rings (SSSR count). The Morgan fingerprint density at radius 3 is 2.73 bits per heavy atom. The molecule has 2 aromatic rings. The predicted molar refractivity (Wildman–Crippen MR) is 106 cm³/mol. The topological polar surface area (TPSA) is 39.7 Å². The lowest BCUT2D eigenvalue weighted by Gasteiger charge is -2.14. The number of rotatable bonds is 8. The molecule has 0 radical (unpaired) electrons. The van der Waals surface area contributed by atoms with E-state index >= 15 is 0 Å². The van der Waals surface area contributed by atoms with Gasteiger partial charge in [0.25, 0.3) is 0 Å². The van der Waals surface area contributed by atoms with Gasteiger partial charge in [0, 0.05) is 19.7 Å². The van der Waals surface area contributed by atoms with Crippen LogP contribution in [0.5, 0.6) is 11.5 Å². The van der Waals surface area contributed by atoms with Crippen LogP contribution in [0.25, 0.3) is 0 Å². The monoisotopic (exact) mass is 377 g/mol. The number of benzene rings is 2. The molecular weight excluding hydrogens is 350 g/mol. The number of hydrogen-bond acceptors (Lipinski definition) is 4. The molecule has 1 saturated heterocycles. The van der Waals surface area contributed by atoms with E-state index in [1.807, 2.05) is 24.3 Å². The molecular formula is C21H28ClNO3. The summed E-state index contributed by atoms with van der Waals surface area (Å²) in [5, 5.41) is 3.46. The van der Waals surface area contributed by atoms with Crippen LogP contribution in [0, 0.1) is 6.92 Å². The molecule has 1 heterocycles. The molecule has 0 spiro atoms. The SMILES string of the molecule is COc1cc(CNCC2CCCO2)ccc1OCc1ccccc1C.Cl. The highest BCUT2D eigenvalue weighted by Gasteiger charge is 2.14. The quantitative estimate of drug-likeness (QED) is 0.745. The number of halogens is 1. The summed E-state index contributed by atoms with van der Waals surface area (Å²) in [6.45, 7) is 5.23. The zero-order valence-corrected chi connectivity index (χ0v) is 16.3. The zero-order chi connectivity index (χ0) is 17.5. The minimum atomic E-state index is 0. The third-order valence-corrected chi connectivity index (χ3v) is 4.60. The van der Waals surface area contributed by atoms with Gasteiger partial charge in [-0.25, -0.2) is 0 Å². The average Bonchev–Trinajstić information content (AvgIpc) is 3.15. The second kappa shape index (κ2) is 10.4. The number of hydrogen-bond donors (Lipinski definition) is 1. The number of ether oxygens (including phenoxy) is 3. The fourth-order valence-corrected chi connectivity index (χ4v) is 3.05. The largest absolute Gasteiger partial charge is 0.493 e. The molecule has 4 nitrogen and oxygen atoms in total. The van der Waals surface area contributed by atoms with E-state index < -0.39 is 0 Å². The Labute approximate surface area is 162 Å². The van der Waals surface area contributed by atoms with Crippen molar-refractivity contribution in [3.05, 3.63) is 59.2 Å². The summed E-state index contributed by atoms with van der Waals surface area (Å²) in [5.74, 6) is 1.54. The third kappa shape index (κ3) is 5.63. The predicted octanol–water partition coefficient (Wildman–Crippen LogP) is 4.27. The molecule has 1 N–H and O–H groups in total. The van der Waals surface area contributed by atoms with Crippen LogP contribution < -0.4 is 14.8 Å². The Morgan fingerprint density at radius 1 is 1.15 bits per heavy atom. The second-order valence-electron chi connectivity index (χ2n) is 6.47. The van der Waals surface area contributed by atoms with Crippen molar-refractivity contribution in [2.75, 3.05) is 20.3 Å². The molecule has 142 valence electrons. The van der Waals surface area contributed by atoms with E-state index in [9.17, 15) is 0 Å². The van der Waals surface area contributed by atoms with Gasteiger partial charge in [-0.05, 0) is 48.6 Å². The third-order valence-electron chi connectivity index (χ3n) is 4.60. The fourth-order valence-electron chi connectivity index (χ4n) is 3.05. The van der Waals surface area contributed by atoms with Crippen molar-refractivity contribution in [2.24, 2.45) is 0 Å². The van der Waals surface area contributed by atoms with Gasteiger partial charge in [0.1, 0.15) is 6.61 Å². The summed E-state index contributed by atoms with van der Waals surface area (Å²) in [7, 11) is 1.68. The second-order valence-corrected chi connectivity index (χ2v) is 6.47. The van der Waals surface area contributed by atoms with Gasteiger partial charge in [-0.1, -0.05) is 30.3 Å². The molecule has 2 aromatic carbocycles. The number of methoxy groups -OCH3 is 1. The molecule has 26 heavy (non-hydrogen) atoms. The first-order valence-electron chi connectivity index (χ1n) is 8.93. The smallest absolute Gasteiger partial charge is 0.161 e. The standard InChI is InChI=1S/C21H27NO3.ClH/c1-16-6-3-4-7-18(16)15-25-20-10-9-17(12-21(20)23-2)13-22-14-19-8-5-11-24-19;/h3-4,6-7,9-10,12,19,22H,5,8,11,13-15H2,1-2H3;1H. The van der Waals surface area contributed by atoms with Crippen molar-refractivity contribution < 1.29 is 14.2 Å². The van der Waals surface area contributed by atoms with Crippen molar-refractivity contribution in [3.63, 3.8) is 0 Å². The average molecular weight is 378 g/mol. The summed E-state index contributed by atoms with van der Waals surface area (Å²) < 4.78 is 17.1. The Kier molecular flexibility index (Phi) is 8.23. The Hall–Kier alpha value is -1.75. The van der Waals surface area contributed by atoms with Crippen molar-refractivity contribution in [2.45, 2.75) is 39.0 Å². The molecule has 0 bridgehead atoms. The molecule has 5 heteroatoms. The molecule has 1 fully saturated rings. The van der Waals surface area contributed by atoms with Gasteiger partial charge < -0.3 is 19.5 Å².